The van der Waals surface area contributed by atoms with Gasteiger partial charge in [0.15, 0.2) is 11.2 Å². The fourth-order valence-electron chi connectivity index (χ4n) is 10.5. The molecule has 0 aromatic rings. The molecule has 262 valence electrons. The highest BCUT2D eigenvalue weighted by Gasteiger charge is 2.74. The Kier molecular flexibility index (Phi) is 8.47. The lowest BCUT2D eigenvalue weighted by atomic mass is 9.44. The minimum atomic E-state index is -1.08. The number of esters is 4. The second kappa shape index (κ2) is 11.7. The van der Waals surface area contributed by atoms with Gasteiger partial charge < -0.3 is 18.9 Å². The Labute approximate surface area is 285 Å². The Bertz CT molecular complexity index is 1460. The number of ether oxygens (including phenoxy) is 4. The summed E-state index contributed by atoms with van der Waals surface area (Å²) in [5, 5.41) is 0. The molecule has 48 heavy (non-hydrogen) atoms. The molecule has 8 nitrogen and oxygen atoms in total. The molecule has 2 heterocycles. The molecule has 0 amide bonds. The summed E-state index contributed by atoms with van der Waals surface area (Å²) in [6.07, 6.45) is 8.54. The predicted octanol–water partition coefficient (Wildman–Crippen LogP) is 7.66. The molecule has 6 rings (SSSR count). The van der Waals surface area contributed by atoms with Gasteiger partial charge in [0.2, 0.25) is 0 Å². The summed E-state index contributed by atoms with van der Waals surface area (Å²) < 4.78 is 25.4. The second-order valence-electron chi connectivity index (χ2n) is 16.4. The lowest BCUT2D eigenvalue weighted by Gasteiger charge is -2.63. The molecule has 0 bridgehead atoms. The van der Waals surface area contributed by atoms with Crippen molar-refractivity contribution in [2.75, 3.05) is 0 Å². The smallest absolute Gasteiger partial charge is 0.334 e. The fraction of sp³-hybridized carbons (Fsp3) is 0.700. The lowest BCUT2D eigenvalue weighted by Crippen LogP contribution is -2.67. The van der Waals surface area contributed by atoms with Crippen LogP contribution in [0.2, 0.25) is 0 Å². The quantitative estimate of drug-likeness (QED) is 0.168. The average Bonchev–Trinajstić information content (AvgIpc) is 3.46. The van der Waals surface area contributed by atoms with E-state index in [9.17, 15) is 19.2 Å². The highest BCUT2D eigenvalue weighted by molar-refractivity contribution is 5.96. The molecule has 4 aliphatic carbocycles. The fourth-order valence-corrected chi connectivity index (χ4v) is 10.5. The number of hydrogen-bond acceptors (Lipinski definition) is 8. The highest BCUT2D eigenvalue weighted by Crippen LogP contribution is 2.70. The van der Waals surface area contributed by atoms with Gasteiger partial charge in [-0.1, -0.05) is 39.8 Å². The van der Waals surface area contributed by atoms with E-state index >= 15 is 0 Å². The summed E-state index contributed by atoms with van der Waals surface area (Å²) in [5.74, 6) is -0.785. The van der Waals surface area contributed by atoms with Crippen LogP contribution in [0, 0.1) is 34.5 Å². The highest BCUT2D eigenvalue weighted by atomic mass is 16.6. The minimum Gasteiger partial charge on any atom is -0.459 e. The van der Waals surface area contributed by atoms with Crippen molar-refractivity contribution < 1.29 is 38.1 Å². The third kappa shape index (κ3) is 4.74. The first kappa shape index (κ1) is 34.7. The Balaban J connectivity index is 1.37. The van der Waals surface area contributed by atoms with Crippen molar-refractivity contribution in [1.29, 1.82) is 0 Å². The molecule has 2 aliphatic heterocycles. The lowest BCUT2D eigenvalue weighted by molar-refractivity contribution is -0.217. The van der Waals surface area contributed by atoms with Gasteiger partial charge in [0.25, 0.3) is 0 Å². The van der Waals surface area contributed by atoms with Crippen molar-refractivity contribution in [3.63, 3.8) is 0 Å². The molecule has 0 spiro atoms. The first-order valence-corrected chi connectivity index (χ1v) is 18.0. The number of fused-ring (bicyclic) bond motifs is 5. The summed E-state index contributed by atoms with van der Waals surface area (Å²) in [6.45, 7) is 19.8. The second-order valence-corrected chi connectivity index (χ2v) is 16.4. The summed E-state index contributed by atoms with van der Waals surface area (Å²) in [6, 6.07) is 0. The van der Waals surface area contributed by atoms with Crippen molar-refractivity contribution in [3.05, 3.63) is 45.6 Å². The van der Waals surface area contributed by atoms with Crippen LogP contribution >= 0.6 is 0 Å². The third-order valence-corrected chi connectivity index (χ3v) is 14.5. The Morgan fingerprint density at radius 1 is 0.688 bits per heavy atom. The molecule has 0 N–H and O–H groups in total. The van der Waals surface area contributed by atoms with Crippen LogP contribution in [0.1, 0.15) is 121 Å². The van der Waals surface area contributed by atoms with Crippen LogP contribution < -0.4 is 0 Å². The van der Waals surface area contributed by atoms with E-state index in [-0.39, 0.29) is 70.6 Å². The molecule has 0 unspecified atom stereocenters. The SMILES string of the molecule is C/C=C(/C)C(=O)O[C@H]1CC[C@@H]2C[C@@]3([C@@]45C[C@H]6CC[C@H](OC(=O)/C(C)=C\C)[C@H](C)[C@@]6(C)CC4=C(C)C(=O)O5)OC(=O)C(C)=C3C[C@]2(C)[C@H]1C. The van der Waals surface area contributed by atoms with Gasteiger partial charge in [-0.25, -0.2) is 19.2 Å². The topological polar surface area (TPSA) is 105 Å². The summed E-state index contributed by atoms with van der Waals surface area (Å²) in [7, 11) is 0. The first-order valence-electron chi connectivity index (χ1n) is 18.0. The van der Waals surface area contributed by atoms with Crippen LogP contribution in [-0.2, 0) is 38.1 Å². The molecule has 0 saturated heterocycles. The van der Waals surface area contributed by atoms with Gasteiger partial charge in [0, 0.05) is 22.3 Å². The van der Waals surface area contributed by atoms with Gasteiger partial charge in [0.1, 0.15) is 12.2 Å². The first-order chi connectivity index (χ1) is 22.5. The molecule has 0 aromatic heterocycles. The Hall–Kier alpha value is -3.16. The molecule has 8 heteroatoms. The summed E-state index contributed by atoms with van der Waals surface area (Å²) in [5.41, 5.74) is 1.64. The molecular formula is C40H54O8. The van der Waals surface area contributed by atoms with E-state index in [0.717, 1.165) is 36.8 Å². The van der Waals surface area contributed by atoms with Gasteiger partial charge in [-0.15, -0.1) is 0 Å². The van der Waals surface area contributed by atoms with Crippen LogP contribution in [-0.4, -0.2) is 47.3 Å². The van der Waals surface area contributed by atoms with Crippen LogP contribution in [0.5, 0.6) is 0 Å². The van der Waals surface area contributed by atoms with Gasteiger partial charge in [0.05, 0.1) is 0 Å². The number of carbonyl (C=O) groups excluding carboxylic acids is 4. The van der Waals surface area contributed by atoms with Crippen molar-refractivity contribution in [3.8, 4) is 0 Å². The molecular weight excluding hydrogens is 608 g/mol. The Morgan fingerprint density at radius 3 is 1.38 bits per heavy atom. The monoisotopic (exact) mass is 662 g/mol. The zero-order chi connectivity index (χ0) is 35.1. The standard InChI is InChI=1S/C40H54O8/c1-11-21(3)33(41)45-31-15-13-27-17-39(29(23(5)35(43)47-39)19-37(27,9)25(31)7)40-18-28-14-16-32(46-34(42)22(4)12-2)26(8)38(28,10)20-30(40)24(6)36(44)48-40/h11-12,25-28,31-32H,13-20H2,1-10H3/b21-11-,22-12-/t25-,26-,27+,28+,31-,32-,37+,38+,39+,40+/m0/s1. The number of hydrogen-bond donors (Lipinski definition) is 0. The largest absolute Gasteiger partial charge is 0.459 e. The van der Waals surface area contributed by atoms with Crippen LogP contribution in [0.25, 0.3) is 0 Å². The van der Waals surface area contributed by atoms with Crippen molar-refractivity contribution >= 4 is 23.9 Å². The number of carbonyl (C=O) groups is 4. The van der Waals surface area contributed by atoms with E-state index in [1.54, 1.807) is 26.0 Å². The zero-order valence-electron chi connectivity index (χ0n) is 30.5. The van der Waals surface area contributed by atoms with E-state index in [0.29, 0.717) is 48.0 Å². The van der Waals surface area contributed by atoms with E-state index in [2.05, 4.69) is 27.7 Å². The van der Waals surface area contributed by atoms with Crippen molar-refractivity contribution in [1.82, 2.24) is 0 Å². The van der Waals surface area contributed by atoms with Gasteiger partial charge in [-0.3, -0.25) is 0 Å². The molecule has 4 fully saturated rings. The number of rotatable bonds is 5. The van der Waals surface area contributed by atoms with Crippen LogP contribution in [0.15, 0.2) is 45.6 Å². The van der Waals surface area contributed by atoms with Crippen molar-refractivity contribution in [2.45, 2.75) is 144 Å². The van der Waals surface area contributed by atoms with Gasteiger partial charge in [-0.05, 0) is 139 Å². The van der Waals surface area contributed by atoms with E-state index in [1.807, 2.05) is 27.7 Å². The molecule has 0 aromatic carbocycles. The maximum atomic E-state index is 13.7. The molecule has 4 saturated carbocycles. The molecule has 10 atom stereocenters. The van der Waals surface area contributed by atoms with E-state index in [4.69, 9.17) is 18.9 Å². The minimum absolute atomic E-state index is 0.0545. The van der Waals surface area contributed by atoms with E-state index in [1.165, 1.54) is 0 Å². The third-order valence-electron chi connectivity index (χ3n) is 14.5. The van der Waals surface area contributed by atoms with Gasteiger partial charge >= 0.3 is 23.9 Å². The predicted molar refractivity (Wildman–Crippen MR) is 180 cm³/mol. The van der Waals surface area contributed by atoms with Gasteiger partial charge in [-0.2, -0.15) is 0 Å². The number of allylic oxidation sites excluding steroid dienone is 2. The molecule has 0 radical (unpaired) electrons. The maximum Gasteiger partial charge on any atom is 0.334 e. The Morgan fingerprint density at radius 2 is 1.04 bits per heavy atom. The summed E-state index contributed by atoms with van der Waals surface area (Å²) in [4.78, 5) is 53.0. The molecule has 6 aliphatic rings. The summed E-state index contributed by atoms with van der Waals surface area (Å²) >= 11 is 0. The average molecular weight is 663 g/mol. The zero-order valence-corrected chi connectivity index (χ0v) is 30.5. The van der Waals surface area contributed by atoms with Crippen LogP contribution in [0.3, 0.4) is 0 Å². The van der Waals surface area contributed by atoms with E-state index < -0.39 is 11.2 Å². The maximum absolute atomic E-state index is 13.7. The van der Waals surface area contributed by atoms with Crippen molar-refractivity contribution in [2.24, 2.45) is 34.5 Å². The van der Waals surface area contributed by atoms with Crippen LogP contribution in [0.4, 0.5) is 0 Å². The normalized spacial score (nSPS) is 42.7.